The van der Waals surface area contributed by atoms with Gasteiger partial charge in [-0.25, -0.2) is 4.98 Å². The third kappa shape index (κ3) is 1.53. The van der Waals surface area contributed by atoms with Crippen LogP contribution in [0.25, 0.3) is 0 Å². The Morgan fingerprint density at radius 3 is 3.00 bits per heavy atom. The topological polar surface area (TPSA) is 29.9 Å². The van der Waals surface area contributed by atoms with E-state index in [1.165, 1.54) is 11.5 Å². The van der Waals surface area contributed by atoms with Gasteiger partial charge in [-0.2, -0.15) is 0 Å². The van der Waals surface area contributed by atoms with Gasteiger partial charge in [-0.3, -0.25) is 0 Å². The largest absolute Gasteiger partial charge is 0.328 e. The zero-order valence-electron chi connectivity index (χ0n) is 7.97. The van der Waals surface area contributed by atoms with Gasteiger partial charge in [0.25, 0.3) is 0 Å². The minimum atomic E-state index is 0.503. The highest BCUT2D eigenvalue weighted by Gasteiger charge is 2.19. The Balaban J connectivity index is 2.47. The van der Waals surface area contributed by atoms with Crippen molar-refractivity contribution in [3.05, 3.63) is 16.1 Å². The van der Waals surface area contributed by atoms with Gasteiger partial charge >= 0.3 is 0 Å². The number of aromatic nitrogens is 2. The van der Waals surface area contributed by atoms with Gasteiger partial charge in [0.2, 0.25) is 0 Å². The molecule has 0 amide bonds. The number of hydrogen-bond donors (Lipinski definition) is 1. The third-order valence-corrected chi connectivity index (χ3v) is 3.01. The molecule has 0 aliphatic carbocycles. The summed E-state index contributed by atoms with van der Waals surface area (Å²) >= 11 is 3.50. The van der Waals surface area contributed by atoms with E-state index in [9.17, 15) is 0 Å². The number of rotatable bonds is 1. The molecule has 0 saturated heterocycles. The maximum absolute atomic E-state index is 4.53. The molecule has 2 heterocycles. The molecule has 1 aromatic heterocycles. The molecule has 1 aliphatic heterocycles. The van der Waals surface area contributed by atoms with Crippen molar-refractivity contribution < 1.29 is 0 Å². The van der Waals surface area contributed by atoms with Crippen LogP contribution in [0.5, 0.6) is 0 Å². The fraction of sp³-hybridized carbons (Fsp3) is 0.667. The first-order chi connectivity index (χ1) is 6.20. The Morgan fingerprint density at radius 2 is 2.31 bits per heavy atom. The normalized spacial score (nSPS) is 16.3. The van der Waals surface area contributed by atoms with Crippen LogP contribution >= 0.6 is 15.9 Å². The van der Waals surface area contributed by atoms with Crippen LogP contribution < -0.4 is 5.32 Å². The molecule has 0 saturated carbocycles. The molecule has 1 aliphatic rings. The van der Waals surface area contributed by atoms with E-state index in [2.05, 4.69) is 44.6 Å². The lowest BCUT2D eigenvalue weighted by atomic mass is 10.2. The number of halogens is 1. The zero-order chi connectivity index (χ0) is 9.42. The van der Waals surface area contributed by atoms with Crippen LogP contribution in [0.2, 0.25) is 0 Å². The van der Waals surface area contributed by atoms with Crippen LogP contribution in [0.4, 0.5) is 0 Å². The predicted molar refractivity (Wildman–Crippen MR) is 55.7 cm³/mol. The molecule has 0 atom stereocenters. The predicted octanol–water partition coefficient (Wildman–Crippen LogP) is 1.87. The number of imidazole rings is 1. The Labute approximate surface area is 86.7 Å². The van der Waals surface area contributed by atoms with E-state index >= 15 is 0 Å². The molecule has 4 heteroatoms. The number of hydrogen-bond acceptors (Lipinski definition) is 2. The van der Waals surface area contributed by atoms with Gasteiger partial charge in [-0.15, -0.1) is 0 Å². The van der Waals surface area contributed by atoms with E-state index in [0.717, 1.165) is 24.2 Å². The number of nitrogens with one attached hydrogen (secondary N) is 1. The fourth-order valence-corrected chi connectivity index (χ4v) is 2.27. The molecule has 13 heavy (non-hydrogen) atoms. The van der Waals surface area contributed by atoms with E-state index in [1.54, 1.807) is 0 Å². The second kappa shape index (κ2) is 3.42. The molecule has 72 valence electrons. The summed E-state index contributed by atoms with van der Waals surface area (Å²) in [6.07, 6.45) is 0. The van der Waals surface area contributed by atoms with Crippen molar-refractivity contribution in [2.45, 2.75) is 32.9 Å². The highest BCUT2D eigenvalue weighted by molar-refractivity contribution is 9.10. The molecule has 0 bridgehead atoms. The highest BCUT2D eigenvalue weighted by atomic mass is 79.9. The molecule has 0 fully saturated rings. The van der Waals surface area contributed by atoms with Crippen molar-refractivity contribution in [2.24, 2.45) is 0 Å². The zero-order valence-corrected chi connectivity index (χ0v) is 9.56. The Hall–Kier alpha value is -0.350. The Kier molecular flexibility index (Phi) is 2.43. The summed E-state index contributed by atoms with van der Waals surface area (Å²) < 4.78 is 3.33. The van der Waals surface area contributed by atoms with Crippen molar-refractivity contribution in [3.8, 4) is 0 Å². The molecular formula is C9H14BrN3. The summed E-state index contributed by atoms with van der Waals surface area (Å²) in [6.45, 7) is 7.39. The van der Waals surface area contributed by atoms with Gasteiger partial charge < -0.3 is 9.88 Å². The maximum atomic E-state index is 4.53. The summed E-state index contributed by atoms with van der Waals surface area (Å²) in [6, 6.07) is 0. The van der Waals surface area contributed by atoms with E-state index in [4.69, 9.17) is 0 Å². The molecule has 1 N–H and O–H groups in total. The van der Waals surface area contributed by atoms with E-state index in [-0.39, 0.29) is 0 Å². The third-order valence-electron chi connectivity index (χ3n) is 2.37. The molecule has 3 nitrogen and oxygen atoms in total. The molecule has 0 spiro atoms. The Morgan fingerprint density at radius 1 is 1.54 bits per heavy atom. The van der Waals surface area contributed by atoms with Crippen LogP contribution in [0.15, 0.2) is 4.60 Å². The molecule has 2 rings (SSSR count). The van der Waals surface area contributed by atoms with Crippen LogP contribution in [0.1, 0.15) is 31.3 Å². The van der Waals surface area contributed by atoms with Crippen molar-refractivity contribution >= 4 is 15.9 Å². The number of fused-ring (bicyclic) bond motifs is 1. The quantitative estimate of drug-likeness (QED) is 0.817. The highest BCUT2D eigenvalue weighted by Crippen LogP contribution is 2.24. The van der Waals surface area contributed by atoms with Gasteiger partial charge in [0.05, 0.1) is 5.69 Å². The summed E-state index contributed by atoms with van der Waals surface area (Å²) in [7, 11) is 0. The fourth-order valence-electron chi connectivity index (χ4n) is 1.73. The standard InChI is InChI=1S/C9H14BrN3/c1-6(2)9-12-8(10)7-5-11-3-4-13(7)9/h6,11H,3-5H2,1-2H3. The lowest BCUT2D eigenvalue weighted by Crippen LogP contribution is -2.29. The average Bonchev–Trinajstić information content (AvgIpc) is 2.45. The summed E-state index contributed by atoms with van der Waals surface area (Å²) in [4.78, 5) is 4.53. The first kappa shape index (κ1) is 9.21. The van der Waals surface area contributed by atoms with Gasteiger partial charge in [0, 0.05) is 25.6 Å². The van der Waals surface area contributed by atoms with Crippen LogP contribution in [0, 0.1) is 0 Å². The summed E-state index contributed by atoms with van der Waals surface area (Å²) in [5, 5.41) is 3.34. The molecule has 0 unspecified atom stereocenters. The van der Waals surface area contributed by atoms with Gasteiger partial charge in [-0.1, -0.05) is 13.8 Å². The smallest absolute Gasteiger partial charge is 0.128 e. The average molecular weight is 244 g/mol. The van der Waals surface area contributed by atoms with E-state index in [1.807, 2.05) is 0 Å². The number of nitrogens with zero attached hydrogens (tertiary/aromatic N) is 2. The molecule has 1 aromatic rings. The molecular weight excluding hydrogens is 230 g/mol. The summed E-state index contributed by atoms with van der Waals surface area (Å²) in [5.41, 5.74) is 1.29. The van der Waals surface area contributed by atoms with E-state index in [0.29, 0.717) is 5.92 Å². The SMILES string of the molecule is CC(C)c1nc(Br)c2n1CCNC2. The molecule has 0 radical (unpaired) electrons. The minimum Gasteiger partial charge on any atom is -0.328 e. The van der Waals surface area contributed by atoms with Crippen molar-refractivity contribution in [2.75, 3.05) is 6.54 Å². The minimum absolute atomic E-state index is 0.503. The second-order valence-electron chi connectivity index (χ2n) is 3.69. The first-order valence-electron chi connectivity index (χ1n) is 4.65. The van der Waals surface area contributed by atoms with Gasteiger partial charge in [0.15, 0.2) is 0 Å². The van der Waals surface area contributed by atoms with Crippen molar-refractivity contribution in [1.29, 1.82) is 0 Å². The first-order valence-corrected chi connectivity index (χ1v) is 5.45. The van der Waals surface area contributed by atoms with Crippen LogP contribution in [-0.2, 0) is 13.1 Å². The van der Waals surface area contributed by atoms with E-state index < -0.39 is 0 Å². The lowest BCUT2D eigenvalue weighted by molar-refractivity contribution is 0.492. The monoisotopic (exact) mass is 243 g/mol. The van der Waals surface area contributed by atoms with Gasteiger partial charge in [0.1, 0.15) is 10.4 Å². The van der Waals surface area contributed by atoms with Crippen molar-refractivity contribution in [1.82, 2.24) is 14.9 Å². The molecule has 0 aromatic carbocycles. The van der Waals surface area contributed by atoms with Crippen LogP contribution in [0.3, 0.4) is 0 Å². The van der Waals surface area contributed by atoms with Gasteiger partial charge in [-0.05, 0) is 15.9 Å². The maximum Gasteiger partial charge on any atom is 0.128 e. The van der Waals surface area contributed by atoms with Crippen molar-refractivity contribution in [3.63, 3.8) is 0 Å². The second-order valence-corrected chi connectivity index (χ2v) is 4.44. The Bertz CT molecular complexity index is 317. The van der Waals surface area contributed by atoms with Crippen LogP contribution in [-0.4, -0.2) is 16.1 Å². The summed E-state index contributed by atoms with van der Waals surface area (Å²) in [5.74, 6) is 1.70. The lowest BCUT2D eigenvalue weighted by Gasteiger charge is -2.19.